The summed E-state index contributed by atoms with van der Waals surface area (Å²) in [6.45, 7) is 6.96. The summed E-state index contributed by atoms with van der Waals surface area (Å²) < 4.78 is 0. The zero-order valence-electron chi connectivity index (χ0n) is 11.3. The van der Waals surface area contributed by atoms with E-state index in [2.05, 4.69) is 13.8 Å². The normalized spacial score (nSPS) is 24.1. The van der Waals surface area contributed by atoms with Crippen molar-refractivity contribution in [3.63, 3.8) is 0 Å². The summed E-state index contributed by atoms with van der Waals surface area (Å²) in [5.41, 5.74) is 1.38. The number of aromatic hydroxyl groups is 1. The first-order chi connectivity index (χ1) is 8.50. The number of hydrogen-bond acceptors (Lipinski definition) is 2. The molecule has 2 atom stereocenters. The molecule has 1 aromatic carbocycles. The molecule has 2 rings (SSSR count). The molecule has 1 aliphatic heterocycles. The predicted molar refractivity (Wildman–Crippen MR) is 71.7 cm³/mol. The lowest BCUT2D eigenvalue weighted by molar-refractivity contribution is 0.0548. The Morgan fingerprint density at radius 2 is 2.11 bits per heavy atom. The van der Waals surface area contributed by atoms with Crippen LogP contribution in [0.25, 0.3) is 0 Å². The summed E-state index contributed by atoms with van der Waals surface area (Å²) in [5.74, 6) is 0.562. The van der Waals surface area contributed by atoms with Crippen molar-refractivity contribution in [3.8, 4) is 5.75 Å². The highest BCUT2D eigenvalue weighted by molar-refractivity contribution is 5.97. The van der Waals surface area contributed by atoms with E-state index in [1.165, 1.54) is 6.42 Å². The molecule has 0 aliphatic carbocycles. The van der Waals surface area contributed by atoms with E-state index in [1.54, 1.807) is 12.1 Å². The molecule has 1 saturated heterocycles. The Bertz CT molecular complexity index is 456. The van der Waals surface area contributed by atoms with Gasteiger partial charge in [0.25, 0.3) is 5.91 Å². The minimum Gasteiger partial charge on any atom is -0.507 e. The van der Waals surface area contributed by atoms with Crippen LogP contribution in [0.4, 0.5) is 0 Å². The third kappa shape index (κ3) is 2.35. The number of phenolic OH excluding ortho intramolecular Hbond substituents is 1. The minimum absolute atomic E-state index is 0.0495. The van der Waals surface area contributed by atoms with Gasteiger partial charge in [-0.2, -0.15) is 0 Å². The number of carbonyl (C=O) groups excluding carboxylic acids is 1. The molecule has 1 amide bonds. The van der Waals surface area contributed by atoms with E-state index in [0.29, 0.717) is 11.5 Å². The molecule has 0 radical (unpaired) electrons. The Hall–Kier alpha value is -1.51. The molecule has 0 saturated carbocycles. The lowest BCUT2D eigenvalue weighted by atomic mass is 9.91. The van der Waals surface area contributed by atoms with Crippen molar-refractivity contribution in [1.82, 2.24) is 4.90 Å². The van der Waals surface area contributed by atoms with Crippen LogP contribution in [0.3, 0.4) is 0 Å². The standard InChI is InChI=1S/C15H21NO2/c1-10-6-7-13(14(17)9-10)15(18)16-8-4-5-11(2)12(16)3/h6-7,9,11-12,17H,4-5,8H2,1-3H3. The minimum atomic E-state index is -0.0495. The fraction of sp³-hybridized carbons (Fsp3) is 0.533. The van der Waals surface area contributed by atoms with Crippen LogP contribution in [-0.2, 0) is 0 Å². The van der Waals surface area contributed by atoms with Crippen LogP contribution >= 0.6 is 0 Å². The average Bonchev–Trinajstić information content (AvgIpc) is 2.32. The van der Waals surface area contributed by atoms with Crippen molar-refractivity contribution in [3.05, 3.63) is 29.3 Å². The van der Waals surface area contributed by atoms with Gasteiger partial charge in [-0.15, -0.1) is 0 Å². The molecule has 1 heterocycles. The first kappa shape index (κ1) is 12.9. The highest BCUT2D eigenvalue weighted by Crippen LogP contribution is 2.27. The third-order valence-electron chi connectivity index (χ3n) is 4.02. The Morgan fingerprint density at radius 1 is 1.39 bits per heavy atom. The number of likely N-dealkylation sites (tertiary alicyclic amines) is 1. The van der Waals surface area contributed by atoms with E-state index >= 15 is 0 Å². The van der Waals surface area contributed by atoms with E-state index in [1.807, 2.05) is 17.9 Å². The number of benzene rings is 1. The lowest BCUT2D eigenvalue weighted by Gasteiger charge is -2.38. The van der Waals surface area contributed by atoms with E-state index in [9.17, 15) is 9.90 Å². The van der Waals surface area contributed by atoms with Gasteiger partial charge in [-0.1, -0.05) is 13.0 Å². The van der Waals surface area contributed by atoms with Crippen molar-refractivity contribution in [1.29, 1.82) is 0 Å². The van der Waals surface area contributed by atoms with E-state index in [4.69, 9.17) is 0 Å². The van der Waals surface area contributed by atoms with Crippen molar-refractivity contribution in [2.75, 3.05) is 6.54 Å². The van der Waals surface area contributed by atoms with Gasteiger partial charge in [0.05, 0.1) is 5.56 Å². The molecule has 3 nitrogen and oxygen atoms in total. The second-order valence-electron chi connectivity index (χ2n) is 5.38. The second-order valence-corrected chi connectivity index (χ2v) is 5.38. The highest BCUT2D eigenvalue weighted by atomic mass is 16.3. The van der Waals surface area contributed by atoms with Gasteiger partial charge in [-0.25, -0.2) is 0 Å². The SMILES string of the molecule is Cc1ccc(C(=O)N2CCCC(C)C2C)c(O)c1. The van der Waals surface area contributed by atoms with Crippen molar-refractivity contribution in [2.45, 2.75) is 39.7 Å². The smallest absolute Gasteiger partial charge is 0.257 e. The summed E-state index contributed by atoms with van der Waals surface area (Å²) in [6, 6.07) is 5.47. The van der Waals surface area contributed by atoms with Crippen molar-refractivity contribution in [2.24, 2.45) is 5.92 Å². The van der Waals surface area contributed by atoms with Crippen molar-refractivity contribution < 1.29 is 9.90 Å². The fourth-order valence-corrected chi connectivity index (χ4v) is 2.60. The molecule has 98 valence electrons. The molecular weight excluding hydrogens is 226 g/mol. The van der Waals surface area contributed by atoms with E-state index in [-0.39, 0.29) is 17.7 Å². The molecule has 1 aromatic rings. The van der Waals surface area contributed by atoms with E-state index in [0.717, 1.165) is 18.5 Å². The summed E-state index contributed by atoms with van der Waals surface area (Å²) >= 11 is 0. The second kappa shape index (κ2) is 5.01. The Labute approximate surface area is 108 Å². The van der Waals surface area contributed by atoms with Gasteiger partial charge >= 0.3 is 0 Å². The maximum absolute atomic E-state index is 12.5. The fourth-order valence-electron chi connectivity index (χ4n) is 2.60. The topological polar surface area (TPSA) is 40.5 Å². The quantitative estimate of drug-likeness (QED) is 0.828. The molecule has 2 unspecified atom stereocenters. The first-order valence-corrected chi connectivity index (χ1v) is 6.61. The highest BCUT2D eigenvalue weighted by Gasteiger charge is 2.29. The number of piperidine rings is 1. The van der Waals surface area contributed by atoms with Gasteiger partial charge in [-0.05, 0) is 50.3 Å². The van der Waals surface area contributed by atoms with Gasteiger partial charge in [0, 0.05) is 12.6 Å². The molecule has 3 heteroatoms. The molecule has 0 aromatic heterocycles. The molecular formula is C15H21NO2. The van der Waals surface area contributed by atoms with Gasteiger partial charge < -0.3 is 10.0 Å². The Morgan fingerprint density at radius 3 is 2.78 bits per heavy atom. The Balaban J connectivity index is 2.25. The molecule has 0 spiro atoms. The zero-order valence-corrected chi connectivity index (χ0v) is 11.3. The Kier molecular flexibility index (Phi) is 3.60. The number of carbonyl (C=O) groups is 1. The van der Waals surface area contributed by atoms with Gasteiger partial charge in [0.2, 0.25) is 0 Å². The van der Waals surface area contributed by atoms with E-state index < -0.39 is 0 Å². The molecule has 18 heavy (non-hydrogen) atoms. The monoisotopic (exact) mass is 247 g/mol. The van der Waals surface area contributed by atoms with Crippen molar-refractivity contribution >= 4 is 5.91 Å². The third-order valence-corrected chi connectivity index (χ3v) is 4.02. The number of hydrogen-bond donors (Lipinski definition) is 1. The number of phenols is 1. The zero-order chi connectivity index (χ0) is 13.3. The maximum atomic E-state index is 12.5. The van der Waals surface area contributed by atoms with Gasteiger partial charge in [0.1, 0.15) is 5.75 Å². The van der Waals surface area contributed by atoms with Crippen LogP contribution in [0.5, 0.6) is 5.75 Å². The first-order valence-electron chi connectivity index (χ1n) is 6.61. The number of rotatable bonds is 1. The predicted octanol–water partition coefficient (Wildman–Crippen LogP) is 2.96. The van der Waals surface area contributed by atoms with Crippen LogP contribution in [0.15, 0.2) is 18.2 Å². The van der Waals surface area contributed by atoms with Crippen LogP contribution in [0.2, 0.25) is 0 Å². The summed E-state index contributed by atoms with van der Waals surface area (Å²) in [6.07, 6.45) is 2.22. The summed E-state index contributed by atoms with van der Waals surface area (Å²) in [7, 11) is 0. The molecule has 1 fully saturated rings. The number of amides is 1. The molecule has 1 aliphatic rings. The van der Waals surface area contributed by atoms with Gasteiger partial charge in [0.15, 0.2) is 0 Å². The molecule has 1 N–H and O–H groups in total. The van der Waals surface area contributed by atoms with Crippen LogP contribution in [0.1, 0.15) is 42.6 Å². The largest absolute Gasteiger partial charge is 0.507 e. The number of nitrogens with zero attached hydrogens (tertiary/aromatic N) is 1. The summed E-state index contributed by atoms with van der Waals surface area (Å²) in [5, 5.41) is 9.90. The molecule has 0 bridgehead atoms. The lowest BCUT2D eigenvalue weighted by Crippen LogP contribution is -2.46. The van der Waals surface area contributed by atoms with Gasteiger partial charge in [-0.3, -0.25) is 4.79 Å². The van der Waals surface area contributed by atoms with Crippen LogP contribution in [-0.4, -0.2) is 28.5 Å². The number of aryl methyl sites for hydroxylation is 1. The maximum Gasteiger partial charge on any atom is 0.257 e. The van der Waals surface area contributed by atoms with Crippen LogP contribution in [0, 0.1) is 12.8 Å². The summed E-state index contributed by atoms with van der Waals surface area (Å²) in [4.78, 5) is 14.3. The van der Waals surface area contributed by atoms with Crippen LogP contribution < -0.4 is 0 Å². The average molecular weight is 247 g/mol.